The van der Waals surface area contributed by atoms with Crippen LogP contribution in [0.4, 0.5) is 0 Å². The van der Waals surface area contributed by atoms with E-state index >= 15 is 0 Å². The highest BCUT2D eigenvalue weighted by molar-refractivity contribution is 5.58. The van der Waals surface area contributed by atoms with Crippen LogP contribution in [-0.2, 0) is 17.3 Å². The molecule has 0 radical (unpaired) electrons. The van der Waals surface area contributed by atoms with Crippen molar-refractivity contribution in [2.24, 2.45) is 0 Å². The van der Waals surface area contributed by atoms with Gasteiger partial charge < -0.3 is 10.2 Å². The van der Waals surface area contributed by atoms with Crippen molar-refractivity contribution in [1.29, 1.82) is 0 Å². The number of rotatable bonds is 2. The quantitative estimate of drug-likeness (QED) is 0.740. The molecule has 0 aliphatic heterocycles. The molecule has 0 unspecified atom stereocenters. The van der Waals surface area contributed by atoms with E-state index in [-0.39, 0.29) is 16.6 Å². The third kappa shape index (κ3) is 3.69. The third-order valence-electron chi connectivity index (χ3n) is 4.10. The highest BCUT2D eigenvalue weighted by Gasteiger charge is 2.32. The summed E-state index contributed by atoms with van der Waals surface area (Å²) in [5.74, 6) is 0.579. The number of hydrogen-bond donors (Lipinski definition) is 2. The molecule has 0 aromatic heterocycles. The summed E-state index contributed by atoms with van der Waals surface area (Å²) < 4.78 is 0. The summed E-state index contributed by atoms with van der Waals surface area (Å²) in [5.41, 5.74) is 3.07. The maximum Gasteiger partial charge on any atom is 0.123 e. The maximum absolute atomic E-state index is 10.9. The molecule has 0 heterocycles. The number of phenols is 2. The second-order valence-electron chi connectivity index (χ2n) is 8.32. The van der Waals surface area contributed by atoms with Gasteiger partial charge in [-0.25, -0.2) is 0 Å². The van der Waals surface area contributed by atoms with E-state index < -0.39 is 0 Å². The minimum absolute atomic E-state index is 0.241. The van der Waals surface area contributed by atoms with E-state index in [1.54, 1.807) is 6.07 Å². The van der Waals surface area contributed by atoms with Gasteiger partial charge in [-0.05, 0) is 22.5 Å². The summed E-state index contributed by atoms with van der Waals surface area (Å²) in [6.45, 7) is 12.4. The normalized spacial score (nSPS) is 12.4. The maximum atomic E-state index is 10.9. The standard InChI is InChI=1S/C21H28O2/c1-20(2,3)17-16(22)13-15(12-14-10-8-7-9-11-14)19(23)18(17)21(4,5)6/h7-11,13,22-23H,12H2,1-6H3. The molecule has 0 spiro atoms. The number of benzene rings is 2. The van der Waals surface area contributed by atoms with E-state index in [0.717, 1.165) is 22.3 Å². The van der Waals surface area contributed by atoms with E-state index in [1.165, 1.54) is 0 Å². The highest BCUT2D eigenvalue weighted by Crippen LogP contribution is 2.46. The van der Waals surface area contributed by atoms with Crippen LogP contribution < -0.4 is 0 Å². The van der Waals surface area contributed by atoms with Crippen LogP contribution in [0.1, 0.15) is 63.8 Å². The van der Waals surface area contributed by atoms with Crippen LogP contribution in [0.5, 0.6) is 11.5 Å². The third-order valence-corrected chi connectivity index (χ3v) is 4.10. The minimum Gasteiger partial charge on any atom is -0.508 e. The van der Waals surface area contributed by atoms with Gasteiger partial charge in [-0.3, -0.25) is 0 Å². The Morgan fingerprint density at radius 2 is 1.30 bits per heavy atom. The average Bonchev–Trinajstić information content (AvgIpc) is 2.40. The molecule has 23 heavy (non-hydrogen) atoms. The van der Waals surface area contributed by atoms with Crippen LogP contribution in [0.25, 0.3) is 0 Å². The monoisotopic (exact) mass is 312 g/mol. The second kappa shape index (κ2) is 5.92. The Morgan fingerprint density at radius 3 is 1.78 bits per heavy atom. The van der Waals surface area contributed by atoms with Crippen LogP contribution in [-0.4, -0.2) is 10.2 Å². The van der Waals surface area contributed by atoms with E-state index in [2.05, 4.69) is 41.5 Å². The zero-order valence-electron chi connectivity index (χ0n) is 15.1. The van der Waals surface area contributed by atoms with Gasteiger partial charge in [-0.15, -0.1) is 0 Å². The molecule has 0 fully saturated rings. The summed E-state index contributed by atoms with van der Waals surface area (Å²) >= 11 is 0. The van der Waals surface area contributed by atoms with Gasteiger partial charge in [0.2, 0.25) is 0 Å². The molecule has 124 valence electrons. The molecule has 2 rings (SSSR count). The fourth-order valence-corrected chi connectivity index (χ4v) is 3.15. The first-order chi connectivity index (χ1) is 10.5. The summed E-state index contributed by atoms with van der Waals surface area (Å²) in [6, 6.07) is 11.7. The van der Waals surface area contributed by atoms with Crippen LogP contribution >= 0.6 is 0 Å². The zero-order valence-corrected chi connectivity index (χ0v) is 15.1. The molecule has 2 heteroatoms. The number of aromatic hydroxyl groups is 2. The molecule has 0 saturated carbocycles. The molecule has 0 amide bonds. The Hall–Kier alpha value is -1.96. The number of hydrogen-bond acceptors (Lipinski definition) is 2. The van der Waals surface area contributed by atoms with Crippen molar-refractivity contribution in [2.75, 3.05) is 0 Å². The van der Waals surface area contributed by atoms with Crippen molar-refractivity contribution < 1.29 is 10.2 Å². The second-order valence-corrected chi connectivity index (χ2v) is 8.32. The lowest BCUT2D eigenvalue weighted by Crippen LogP contribution is -2.23. The van der Waals surface area contributed by atoms with Crippen LogP contribution in [0.3, 0.4) is 0 Å². The first kappa shape index (κ1) is 17.4. The van der Waals surface area contributed by atoms with Gasteiger partial charge in [-0.1, -0.05) is 71.9 Å². The lowest BCUT2D eigenvalue weighted by Gasteiger charge is -2.32. The molecule has 0 bridgehead atoms. The Balaban J connectivity index is 2.66. The van der Waals surface area contributed by atoms with E-state index in [1.807, 2.05) is 30.3 Å². The summed E-state index contributed by atoms with van der Waals surface area (Å²) in [4.78, 5) is 0. The molecular formula is C21H28O2. The molecule has 0 atom stereocenters. The van der Waals surface area contributed by atoms with Crippen LogP contribution in [0, 0.1) is 0 Å². The van der Waals surface area contributed by atoms with Crippen molar-refractivity contribution in [2.45, 2.75) is 58.8 Å². The molecule has 2 nitrogen and oxygen atoms in total. The lowest BCUT2D eigenvalue weighted by molar-refractivity contribution is 0.405. The van der Waals surface area contributed by atoms with Gasteiger partial charge in [0.25, 0.3) is 0 Å². The van der Waals surface area contributed by atoms with Gasteiger partial charge in [0.1, 0.15) is 11.5 Å². The Morgan fingerprint density at radius 1 is 0.783 bits per heavy atom. The average molecular weight is 312 g/mol. The summed E-state index contributed by atoms with van der Waals surface area (Å²) in [6.07, 6.45) is 0.605. The lowest BCUT2D eigenvalue weighted by atomic mass is 9.73. The van der Waals surface area contributed by atoms with Crippen molar-refractivity contribution in [3.63, 3.8) is 0 Å². The van der Waals surface area contributed by atoms with E-state index in [9.17, 15) is 10.2 Å². The first-order valence-electron chi connectivity index (χ1n) is 8.14. The van der Waals surface area contributed by atoms with Gasteiger partial charge in [0, 0.05) is 23.1 Å². The molecule has 0 aliphatic carbocycles. The van der Waals surface area contributed by atoms with E-state index in [4.69, 9.17) is 0 Å². The summed E-state index contributed by atoms with van der Waals surface area (Å²) in [7, 11) is 0. The predicted octanol–water partition coefficient (Wildman–Crippen LogP) is 5.28. The van der Waals surface area contributed by atoms with Gasteiger partial charge >= 0.3 is 0 Å². The molecule has 2 N–H and O–H groups in total. The largest absolute Gasteiger partial charge is 0.508 e. The van der Waals surface area contributed by atoms with Crippen LogP contribution in [0.2, 0.25) is 0 Å². The minimum atomic E-state index is -0.253. The van der Waals surface area contributed by atoms with Gasteiger partial charge in [0.05, 0.1) is 0 Å². The van der Waals surface area contributed by atoms with Gasteiger partial charge in [0.15, 0.2) is 0 Å². The smallest absolute Gasteiger partial charge is 0.123 e. The zero-order chi connectivity index (χ0) is 17.4. The Bertz CT molecular complexity index is 687. The van der Waals surface area contributed by atoms with Crippen LogP contribution in [0.15, 0.2) is 36.4 Å². The molecule has 2 aromatic rings. The Kier molecular flexibility index (Phi) is 4.48. The molecule has 0 aliphatic rings. The fraction of sp³-hybridized carbons (Fsp3) is 0.429. The Labute approximate surface area is 139 Å². The predicted molar refractivity (Wildman–Crippen MR) is 96.4 cm³/mol. The molecular weight excluding hydrogens is 284 g/mol. The van der Waals surface area contributed by atoms with Gasteiger partial charge in [-0.2, -0.15) is 0 Å². The molecule has 0 saturated heterocycles. The topological polar surface area (TPSA) is 40.5 Å². The summed E-state index contributed by atoms with van der Waals surface area (Å²) in [5, 5.41) is 21.6. The van der Waals surface area contributed by atoms with Crippen molar-refractivity contribution in [3.8, 4) is 11.5 Å². The first-order valence-corrected chi connectivity index (χ1v) is 8.14. The number of phenolic OH excluding ortho intramolecular Hbond substituents is 2. The SMILES string of the molecule is CC(C)(C)c1c(O)cc(Cc2ccccc2)c(O)c1C(C)(C)C. The van der Waals surface area contributed by atoms with Crippen molar-refractivity contribution in [1.82, 2.24) is 0 Å². The van der Waals surface area contributed by atoms with E-state index in [0.29, 0.717) is 12.2 Å². The van der Waals surface area contributed by atoms with Crippen molar-refractivity contribution >= 4 is 0 Å². The fourth-order valence-electron chi connectivity index (χ4n) is 3.15. The molecule has 2 aromatic carbocycles. The highest BCUT2D eigenvalue weighted by atomic mass is 16.3. The van der Waals surface area contributed by atoms with Crippen molar-refractivity contribution in [3.05, 3.63) is 58.7 Å².